The van der Waals surface area contributed by atoms with Crippen LogP contribution in [0, 0.1) is 16.4 Å². The summed E-state index contributed by atoms with van der Waals surface area (Å²) in [5, 5.41) is 0. The molecule has 0 fully saturated rings. The Morgan fingerprint density at radius 1 is 1.24 bits per heavy atom. The number of hydrogen-bond acceptors (Lipinski definition) is 2. The maximum atomic E-state index is 13.8. The minimum absolute atomic E-state index is 0.163. The van der Waals surface area contributed by atoms with Gasteiger partial charge in [-0.1, -0.05) is 0 Å². The van der Waals surface area contributed by atoms with Crippen molar-refractivity contribution < 1.29 is 13.5 Å². The number of aromatic nitrogens is 2. The summed E-state index contributed by atoms with van der Waals surface area (Å²) < 4.78 is 35.1. The Kier molecular flexibility index (Phi) is 3.54. The number of nitrogens with one attached hydrogen (secondary N) is 1. The SMILES string of the molecule is COc1ccc(Br)c(-n2c(=S)[nH]c3c(F)cc(F)cc32)c1. The van der Waals surface area contributed by atoms with Crippen molar-refractivity contribution in [2.24, 2.45) is 0 Å². The first-order valence-corrected chi connectivity index (χ1v) is 7.15. The van der Waals surface area contributed by atoms with Gasteiger partial charge in [0.05, 0.1) is 18.3 Å². The average Bonchev–Trinajstić information content (AvgIpc) is 2.76. The Bertz CT molecular complexity index is 904. The summed E-state index contributed by atoms with van der Waals surface area (Å²) in [7, 11) is 1.54. The molecule has 0 atom stereocenters. The Balaban J connectivity index is 2.40. The molecular formula is C14H9BrF2N2OS. The van der Waals surface area contributed by atoms with E-state index in [0.29, 0.717) is 17.0 Å². The third-order valence-corrected chi connectivity index (χ3v) is 4.06. The van der Waals surface area contributed by atoms with Gasteiger partial charge >= 0.3 is 0 Å². The highest BCUT2D eigenvalue weighted by Crippen LogP contribution is 2.30. The van der Waals surface area contributed by atoms with Crippen LogP contribution in [0.4, 0.5) is 8.78 Å². The first kappa shape index (κ1) is 14.2. The predicted molar refractivity (Wildman–Crippen MR) is 82.6 cm³/mol. The Morgan fingerprint density at radius 3 is 2.71 bits per heavy atom. The topological polar surface area (TPSA) is 29.9 Å². The summed E-state index contributed by atoms with van der Waals surface area (Å²) in [6.45, 7) is 0. The molecule has 0 radical (unpaired) electrons. The molecule has 3 aromatic rings. The molecule has 0 saturated heterocycles. The molecule has 1 heterocycles. The maximum absolute atomic E-state index is 13.8. The number of nitrogens with zero attached hydrogens (tertiary/aromatic N) is 1. The average molecular weight is 371 g/mol. The molecule has 0 amide bonds. The van der Waals surface area contributed by atoms with Crippen LogP contribution in [0.3, 0.4) is 0 Å². The molecule has 0 aliphatic rings. The van der Waals surface area contributed by atoms with Crippen LogP contribution in [-0.4, -0.2) is 16.7 Å². The lowest BCUT2D eigenvalue weighted by molar-refractivity contribution is 0.414. The number of aromatic amines is 1. The van der Waals surface area contributed by atoms with E-state index in [-0.39, 0.29) is 10.3 Å². The van der Waals surface area contributed by atoms with Crippen LogP contribution < -0.4 is 4.74 Å². The van der Waals surface area contributed by atoms with Crippen LogP contribution in [0.15, 0.2) is 34.8 Å². The second kappa shape index (κ2) is 5.23. The van der Waals surface area contributed by atoms with Gasteiger partial charge in [0.1, 0.15) is 17.1 Å². The zero-order valence-corrected chi connectivity index (χ0v) is 13.2. The number of H-pyrrole nitrogens is 1. The molecule has 0 aliphatic heterocycles. The van der Waals surface area contributed by atoms with Crippen molar-refractivity contribution in [2.45, 2.75) is 0 Å². The molecule has 0 unspecified atom stereocenters. The molecule has 108 valence electrons. The molecule has 0 aliphatic carbocycles. The lowest BCUT2D eigenvalue weighted by Crippen LogP contribution is -1.97. The summed E-state index contributed by atoms with van der Waals surface area (Å²) in [6.07, 6.45) is 0. The normalized spacial score (nSPS) is 11.0. The Morgan fingerprint density at radius 2 is 2.00 bits per heavy atom. The number of hydrogen-bond donors (Lipinski definition) is 1. The van der Waals surface area contributed by atoms with Crippen molar-refractivity contribution >= 4 is 39.2 Å². The summed E-state index contributed by atoms with van der Waals surface area (Å²) in [5.74, 6) is -0.739. The molecule has 1 aromatic heterocycles. The van der Waals surface area contributed by atoms with E-state index in [9.17, 15) is 8.78 Å². The highest BCUT2D eigenvalue weighted by molar-refractivity contribution is 9.10. The number of ether oxygens (including phenoxy) is 1. The van der Waals surface area contributed by atoms with Crippen LogP contribution in [0.1, 0.15) is 0 Å². The first-order valence-electron chi connectivity index (χ1n) is 5.95. The van der Waals surface area contributed by atoms with Gasteiger partial charge in [-0.05, 0) is 40.3 Å². The van der Waals surface area contributed by atoms with E-state index in [1.165, 1.54) is 6.07 Å². The highest BCUT2D eigenvalue weighted by atomic mass is 79.9. The monoisotopic (exact) mass is 370 g/mol. The van der Waals surface area contributed by atoms with Crippen LogP contribution in [0.25, 0.3) is 16.7 Å². The van der Waals surface area contributed by atoms with Gasteiger partial charge in [0.25, 0.3) is 0 Å². The van der Waals surface area contributed by atoms with Crippen molar-refractivity contribution in [1.29, 1.82) is 0 Å². The number of benzene rings is 2. The van der Waals surface area contributed by atoms with Crippen molar-refractivity contribution in [3.05, 3.63) is 51.2 Å². The van der Waals surface area contributed by atoms with Gasteiger partial charge in [-0.25, -0.2) is 8.78 Å². The van der Waals surface area contributed by atoms with E-state index in [0.717, 1.165) is 10.5 Å². The molecule has 0 spiro atoms. The van der Waals surface area contributed by atoms with Crippen molar-refractivity contribution in [1.82, 2.24) is 9.55 Å². The molecule has 0 bridgehead atoms. The molecule has 21 heavy (non-hydrogen) atoms. The van der Waals surface area contributed by atoms with Gasteiger partial charge in [0.2, 0.25) is 0 Å². The quantitative estimate of drug-likeness (QED) is 0.660. The zero-order valence-electron chi connectivity index (χ0n) is 10.8. The van der Waals surface area contributed by atoms with Crippen LogP contribution in [-0.2, 0) is 0 Å². The lowest BCUT2D eigenvalue weighted by Gasteiger charge is -2.09. The van der Waals surface area contributed by atoms with E-state index in [4.69, 9.17) is 17.0 Å². The standard InChI is InChI=1S/C14H9BrF2N2OS/c1-20-8-2-3-9(15)11(6-8)19-12-5-7(16)4-10(17)13(12)18-14(19)21/h2-6H,1H3,(H,18,21). The minimum atomic E-state index is -0.686. The van der Waals surface area contributed by atoms with E-state index in [1.807, 2.05) is 0 Å². The molecule has 1 N–H and O–H groups in total. The van der Waals surface area contributed by atoms with E-state index < -0.39 is 11.6 Å². The summed E-state index contributed by atoms with van der Waals surface area (Å²) >= 11 is 8.65. The molecule has 3 rings (SSSR count). The maximum Gasteiger partial charge on any atom is 0.182 e. The van der Waals surface area contributed by atoms with Crippen LogP contribution in [0.2, 0.25) is 0 Å². The van der Waals surface area contributed by atoms with Gasteiger partial charge in [0.15, 0.2) is 10.6 Å². The van der Waals surface area contributed by atoms with Gasteiger partial charge in [-0.2, -0.15) is 0 Å². The van der Waals surface area contributed by atoms with E-state index in [1.54, 1.807) is 29.9 Å². The smallest absolute Gasteiger partial charge is 0.182 e. The van der Waals surface area contributed by atoms with E-state index >= 15 is 0 Å². The number of methoxy groups -OCH3 is 1. The fourth-order valence-electron chi connectivity index (χ4n) is 2.16. The van der Waals surface area contributed by atoms with E-state index in [2.05, 4.69) is 20.9 Å². The fraction of sp³-hybridized carbons (Fsp3) is 0.0714. The Labute approximate surface area is 132 Å². The van der Waals surface area contributed by atoms with Gasteiger partial charge in [-0.15, -0.1) is 0 Å². The molecular weight excluding hydrogens is 362 g/mol. The van der Waals surface area contributed by atoms with Gasteiger partial charge < -0.3 is 9.72 Å². The highest BCUT2D eigenvalue weighted by Gasteiger charge is 2.14. The predicted octanol–water partition coefficient (Wildman–Crippen LogP) is 4.74. The number of fused-ring (bicyclic) bond motifs is 1. The molecule has 3 nitrogen and oxygen atoms in total. The number of imidazole rings is 1. The largest absolute Gasteiger partial charge is 0.497 e. The summed E-state index contributed by atoms with van der Waals surface area (Å²) in [4.78, 5) is 2.76. The van der Waals surface area contributed by atoms with Crippen LogP contribution >= 0.6 is 28.1 Å². The van der Waals surface area contributed by atoms with Crippen molar-refractivity contribution in [3.8, 4) is 11.4 Å². The summed E-state index contributed by atoms with van der Waals surface area (Å²) in [5.41, 5.74) is 1.12. The van der Waals surface area contributed by atoms with Crippen molar-refractivity contribution in [2.75, 3.05) is 7.11 Å². The van der Waals surface area contributed by atoms with Crippen molar-refractivity contribution in [3.63, 3.8) is 0 Å². The zero-order chi connectivity index (χ0) is 15.1. The fourth-order valence-corrected chi connectivity index (χ4v) is 2.89. The van der Waals surface area contributed by atoms with Gasteiger partial charge in [0, 0.05) is 22.7 Å². The van der Waals surface area contributed by atoms with Crippen LogP contribution in [0.5, 0.6) is 5.75 Å². The second-order valence-electron chi connectivity index (χ2n) is 4.36. The Hall–Kier alpha value is -1.73. The third kappa shape index (κ3) is 2.36. The third-order valence-electron chi connectivity index (χ3n) is 3.10. The molecule has 7 heteroatoms. The number of rotatable bonds is 2. The van der Waals surface area contributed by atoms with Gasteiger partial charge in [-0.3, -0.25) is 4.57 Å². The first-order chi connectivity index (χ1) is 10.0. The second-order valence-corrected chi connectivity index (χ2v) is 5.61. The molecule has 0 saturated carbocycles. The minimum Gasteiger partial charge on any atom is -0.497 e. The number of halogens is 3. The summed E-state index contributed by atoms with van der Waals surface area (Å²) in [6, 6.07) is 7.34. The lowest BCUT2D eigenvalue weighted by atomic mass is 10.2. The molecule has 2 aromatic carbocycles.